The van der Waals surface area contributed by atoms with Crippen molar-refractivity contribution in [2.24, 2.45) is 10.8 Å². The number of likely N-dealkylation sites (tertiary alicyclic amines) is 1. The Morgan fingerprint density at radius 1 is 1.15 bits per heavy atom. The Labute approximate surface area is 234 Å². The second kappa shape index (κ2) is 10.5. The number of aliphatic hydroxyl groups is 1. The fourth-order valence-electron chi connectivity index (χ4n) is 5.30. The third kappa shape index (κ3) is 5.74. The molecule has 0 bridgehead atoms. The standard InChI is InChI=1S/C29H37N9O2/c1-18-6-7-19(26(40)35-23(30)13-22(39)28(2,3)4)12-20(18)34-25-24-21(32-17-33-25)14-31-27(36-24)38-11-9-29(16-38)8-10-37(5)15-29/h6-7,12-14,17,39H,8-11,15-16H2,1-5H3,(H2,30,35,40)(H,32,33,34)/b22-13-. The van der Waals surface area contributed by atoms with E-state index in [0.29, 0.717) is 39.5 Å². The number of fused-ring (bicyclic) bond motifs is 1. The van der Waals surface area contributed by atoms with Crippen molar-refractivity contribution in [1.29, 1.82) is 5.41 Å². The zero-order valence-electron chi connectivity index (χ0n) is 23.7. The minimum Gasteiger partial charge on any atom is -0.512 e. The molecule has 1 atom stereocenters. The smallest absolute Gasteiger partial charge is 0.256 e. The number of rotatable bonds is 5. The second-order valence-corrected chi connectivity index (χ2v) is 12.1. The summed E-state index contributed by atoms with van der Waals surface area (Å²) in [4.78, 5) is 35.9. The van der Waals surface area contributed by atoms with E-state index in [4.69, 9.17) is 10.4 Å². The number of amidine groups is 1. The van der Waals surface area contributed by atoms with E-state index < -0.39 is 11.3 Å². The van der Waals surface area contributed by atoms with Crippen molar-refractivity contribution >= 4 is 40.2 Å². The summed E-state index contributed by atoms with van der Waals surface area (Å²) in [7, 11) is 2.18. The van der Waals surface area contributed by atoms with Crippen LogP contribution in [0.3, 0.4) is 0 Å². The Hall–Kier alpha value is -4.12. The Balaban J connectivity index is 1.37. The van der Waals surface area contributed by atoms with Crippen molar-refractivity contribution in [2.75, 3.05) is 43.4 Å². The van der Waals surface area contributed by atoms with Gasteiger partial charge in [0, 0.05) is 47.8 Å². The molecule has 11 nitrogen and oxygen atoms in total. The van der Waals surface area contributed by atoms with Gasteiger partial charge in [0.05, 0.1) is 6.20 Å². The summed E-state index contributed by atoms with van der Waals surface area (Å²) in [5, 5.41) is 24.1. The first-order valence-electron chi connectivity index (χ1n) is 13.5. The van der Waals surface area contributed by atoms with Gasteiger partial charge in [0.1, 0.15) is 29.0 Å². The number of carbonyl (C=O) groups excluding carboxylic acids is 1. The molecule has 2 aromatic heterocycles. The minimum atomic E-state index is -0.523. The Bertz CT molecular complexity index is 1500. The van der Waals surface area contributed by atoms with Crippen LogP contribution in [0, 0.1) is 23.2 Å². The van der Waals surface area contributed by atoms with Crippen LogP contribution in [0.25, 0.3) is 11.0 Å². The van der Waals surface area contributed by atoms with Gasteiger partial charge in [-0.3, -0.25) is 10.2 Å². The number of nitrogens with zero attached hydrogens (tertiary/aromatic N) is 6. The molecule has 1 aromatic carbocycles. The third-order valence-corrected chi connectivity index (χ3v) is 7.77. The van der Waals surface area contributed by atoms with Crippen molar-refractivity contribution in [1.82, 2.24) is 30.2 Å². The Kier molecular flexibility index (Phi) is 7.17. The molecule has 4 N–H and O–H groups in total. The van der Waals surface area contributed by atoms with Crippen LogP contribution in [0.5, 0.6) is 0 Å². The second-order valence-electron chi connectivity index (χ2n) is 12.1. The number of benzene rings is 1. The summed E-state index contributed by atoms with van der Waals surface area (Å²) < 4.78 is 0. The van der Waals surface area contributed by atoms with E-state index in [-0.39, 0.29) is 11.6 Å². The maximum Gasteiger partial charge on any atom is 0.256 e. The van der Waals surface area contributed by atoms with Gasteiger partial charge < -0.3 is 25.5 Å². The maximum atomic E-state index is 12.9. The van der Waals surface area contributed by atoms with Gasteiger partial charge in [0.15, 0.2) is 5.82 Å². The van der Waals surface area contributed by atoms with E-state index in [1.54, 1.807) is 18.3 Å². The monoisotopic (exact) mass is 543 g/mol. The van der Waals surface area contributed by atoms with Gasteiger partial charge in [0.25, 0.3) is 5.91 Å². The van der Waals surface area contributed by atoms with Crippen LogP contribution >= 0.6 is 0 Å². The number of amides is 1. The summed E-state index contributed by atoms with van der Waals surface area (Å²) in [6.45, 7) is 11.5. The first kappa shape index (κ1) is 27.4. The summed E-state index contributed by atoms with van der Waals surface area (Å²) in [6.07, 6.45) is 6.78. The molecule has 2 saturated heterocycles. The SMILES string of the molecule is Cc1ccc(C(=O)NC(=N)/C=C(\O)C(C)(C)C)cc1Nc1ncnc2cnc(N3CCC4(CCN(C)C4)C3)nc12. The topological polar surface area (TPSA) is 143 Å². The zero-order valence-corrected chi connectivity index (χ0v) is 23.7. The normalized spacial score (nSPS) is 19.9. The largest absolute Gasteiger partial charge is 0.512 e. The van der Waals surface area contributed by atoms with Gasteiger partial charge in [-0.05, 0) is 51.1 Å². The molecule has 2 fully saturated rings. The first-order valence-corrected chi connectivity index (χ1v) is 13.5. The molecule has 3 aromatic rings. The maximum absolute atomic E-state index is 12.9. The van der Waals surface area contributed by atoms with Gasteiger partial charge >= 0.3 is 0 Å². The van der Waals surface area contributed by atoms with Gasteiger partial charge in [-0.1, -0.05) is 26.8 Å². The first-order chi connectivity index (χ1) is 18.9. The molecule has 0 aliphatic carbocycles. The molecule has 1 unspecified atom stereocenters. The van der Waals surface area contributed by atoms with E-state index in [1.165, 1.54) is 18.8 Å². The average Bonchev–Trinajstić information content (AvgIpc) is 3.49. The number of nitrogens with one attached hydrogen (secondary N) is 3. The lowest BCUT2D eigenvalue weighted by Gasteiger charge is -2.23. The van der Waals surface area contributed by atoms with Gasteiger partial charge in [-0.15, -0.1) is 0 Å². The highest BCUT2D eigenvalue weighted by molar-refractivity contribution is 6.09. The quantitative estimate of drug-likeness (QED) is 0.211. The molecule has 0 radical (unpaired) electrons. The lowest BCUT2D eigenvalue weighted by atomic mass is 9.86. The summed E-state index contributed by atoms with van der Waals surface area (Å²) >= 11 is 0. The zero-order chi connectivity index (χ0) is 28.7. The number of aryl methyl sites for hydroxylation is 1. The molecule has 5 rings (SSSR count). The molecule has 4 heterocycles. The molecule has 1 spiro atoms. The molecule has 0 saturated carbocycles. The van der Waals surface area contributed by atoms with E-state index in [9.17, 15) is 9.90 Å². The fraction of sp³-hybridized carbons (Fsp3) is 0.448. The average molecular weight is 544 g/mol. The van der Waals surface area contributed by atoms with Gasteiger partial charge in [-0.2, -0.15) is 0 Å². The lowest BCUT2D eigenvalue weighted by molar-refractivity contribution is 0.0977. The summed E-state index contributed by atoms with van der Waals surface area (Å²) in [6, 6.07) is 5.23. The van der Waals surface area contributed by atoms with Crippen molar-refractivity contribution in [3.63, 3.8) is 0 Å². The van der Waals surface area contributed by atoms with E-state index in [1.807, 2.05) is 33.8 Å². The van der Waals surface area contributed by atoms with Crippen LogP contribution in [0.4, 0.5) is 17.5 Å². The number of aromatic nitrogens is 4. The predicted octanol–water partition coefficient (Wildman–Crippen LogP) is 4.20. The number of carbonyl (C=O) groups is 1. The molecular formula is C29H37N9O2. The minimum absolute atomic E-state index is 0.0146. The molecule has 40 heavy (non-hydrogen) atoms. The van der Waals surface area contributed by atoms with Crippen LogP contribution < -0.4 is 15.5 Å². The summed E-state index contributed by atoms with van der Waals surface area (Å²) in [5.74, 6) is 0.567. The van der Waals surface area contributed by atoms with Crippen LogP contribution in [0.2, 0.25) is 0 Å². The highest BCUT2D eigenvalue weighted by atomic mass is 16.3. The van der Waals surface area contributed by atoms with Gasteiger partial charge in [0.2, 0.25) is 5.95 Å². The fourth-order valence-corrected chi connectivity index (χ4v) is 5.30. The number of aliphatic hydroxyl groups excluding tert-OH is 1. The highest BCUT2D eigenvalue weighted by Crippen LogP contribution is 2.40. The molecule has 210 valence electrons. The van der Waals surface area contributed by atoms with Crippen LogP contribution in [0.15, 0.2) is 42.6 Å². The van der Waals surface area contributed by atoms with Crippen molar-refractivity contribution < 1.29 is 9.90 Å². The van der Waals surface area contributed by atoms with E-state index in [0.717, 1.165) is 38.2 Å². The Morgan fingerprint density at radius 2 is 1.93 bits per heavy atom. The van der Waals surface area contributed by atoms with E-state index in [2.05, 4.69) is 42.4 Å². The molecule has 2 aliphatic heterocycles. The number of hydrogen-bond acceptors (Lipinski definition) is 10. The van der Waals surface area contributed by atoms with Crippen LogP contribution in [-0.2, 0) is 0 Å². The molecule has 2 aliphatic rings. The summed E-state index contributed by atoms with van der Waals surface area (Å²) in [5.41, 5.74) is 2.96. The third-order valence-electron chi connectivity index (χ3n) is 7.77. The van der Waals surface area contributed by atoms with Gasteiger partial charge in [-0.25, -0.2) is 19.9 Å². The predicted molar refractivity (Wildman–Crippen MR) is 156 cm³/mol. The molecule has 11 heteroatoms. The lowest BCUT2D eigenvalue weighted by Crippen LogP contribution is -2.30. The van der Waals surface area contributed by atoms with Crippen LogP contribution in [-0.4, -0.2) is 74.9 Å². The highest BCUT2D eigenvalue weighted by Gasteiger charge is 2.43. The van der Waals surface area contributed by atoms with Crippen molar-refractivity contribution in [3.8, 4) is 0 Å². The number of anilines is 3. The van der Waals surface area contributed by atoms with Crippen LogP contribution in [0.1, 0.15) is 49.5 Å². The van der Waals surface area contributed by atoms with Crippen molar-refractivity contribution in [2.45, 2.75) is 40.5 Å². The number of allylic oxidation sites excluding steroid dienone is 1. The van der Waals surface area contributed by atoms with E-state index >= 15 is 0 Å². The molecular weight excluding hydrogens is 506 g/mol. The number of hydrogen-bond donors (Lipinski definition) is 4. The molecule has 1 amide bonds. The Morgan fingerprint density at radius 3 is 2.65 bits per heavy atom. The van der Waals surface area contributed by atoms with Crippen molar-refractivity contribution in [3.05, 3.63) is 53.7 Å².